The molecule has 1 unspecified atom stereocenters. The Morgan fingerprint density at radius 2 is 2.12 bits per heavy atom. The molecule has 0 aliphatic heterocycles. The number of carbonyl (C=O) groups excluding carboxylic acids is 1. The smallest absolute Gasteiger partial charge is 0.149 e. The van der Waals surface area contributed by atoms with Crippen LogP contribution in [0.4, 0.5) is 4.39 Å². The highest BCUT2D eigenvalue weighted by Gasteiger charge is 2.18. The number of hydrogen-bond acceptors (Lipinski definition) is 1. The summed E-state index contributed by atoms with van der Waals surface area (Å²) >= 11 is 8.90. The Kier molecular flexibility index (Phi) is 4.93. The SMILES string of the molecule is CC(C)C(=O)C(Br)Cc1ccc(Cl)c(F)c1. The van der Waals surface area contributed by atoms with Crippen LogP contribution < -0.4 is 0 Å². The van der Waals surface area contributed by atoms with Gasteiger partial charge in [-0.3, -0.25) is 4.79 Å². The van der Waals surface area contributed by atoms with Crippen LogP contribution in [0.25, 0.3) is 0 Å². The lowest BCUT2D eigenvalue weighted by molar-refractivity contribution is -0.121. The molecule has 16 heavy (non-hydrogen) atoms. The number of hydrogen-bond donors (Lipinski definition) is 0. The molecule has 0 saturated carbocycles. The molecular weight excluding hydrogens is 294 g/mol. The Balaban J connectivity index is 2.73. The topological polar surface area (TPSA) is 17.1 Å². The van der Waals surface area contributed by atoms with E-state index in [1.54, 1.807) is 6.07 Å². The van der Waals surface area contributed by atoms with Crippen molar-refractivity contribution in [1.82, 2.24) is 0 Å². The minimum Gasteiger partial charge on any atom is -0.298 e. The minimum absolute atomic E-state index is 0.0264. The van der Waals surface area contributed by atoms with Crippen LogP contribution in [0.15, 0.2) is 18.2 Å². The van der Waals surface area contributed by atoms with Gasteiger partial charge in [-0.05, 0) is 24.1 Å². The van der Waals surface area contributed by atoms with Crippen LogP contribution in [0.3, 0.4) is 0 Å². The molecule has 0 fully saturated rings. The lowest BCUT2D eigenvalue weighted by atomic mass is 10.0. The summed E-state index contributed by atoms with van der Waals surface area (Å²) in [4.78, 5) is 11.4. The van der Waals surface area contributed by atoms with E-state index in [2.05, 4.69) is 15.9 Å². The average molecular weight is 308 g/mol. The molecule has 1 aromatic carbocycles. The normalized spacial score (nSPS) is 12.9. The molecule has 0 bridgehead atoms. The molecule has 4 heteroatoms. The fourth-order valence-corrected chi connectivity index (χ4v) is 2.36. The Morgan fingerprint density at radius 3 is 2.62 bits per heavy atom. The van der Waals surface area contributed by atoms with Crippen molar-refractivity contribution in [2.24, 2.45) is 5.92 Å². The molecule has 0 radical (unpaired) electrons. The van der Waals surface area contributed by atoms with E-state index in [-0.39, 0.29) is 21.6 Å². The van der Waals surface area contributed by atoms with E-state index in [0.717, 1.165) is 5.56 Å². The van der Waals surface area contributed by atoms with Gasteiger partial charge in [0.1, 0.15) is 11.6 Å². The molecular formula is C12H13BrClFO. The molecule has 1 rings (SSSR count). The number of carbonyl (C=O) groups is 1. The molecule has 0 saturated heterocycles. The van der Waals surface area contributed by atoms with E-state index < -0.39 is 5.82 Å². The summed E-state index contributed by atoms with van der Waals surface area (Å²) in [5.41, 5.74) is 0.762. The summed E-state index contributed by atoms with van der Waals surface area (Å²) in [7, 11) is 0. The summed E-state index contributed by atoms with van der Waals surface area (Å²) in [6, 6.07) is 4.60. The summed E-state index contributed by atoms with van der Waals surface area (Å²) < 4.78 is 13.2. The van der Waals surface area contributed by atoms with E-state index >= 15 is 0 Å². The van der Waals surface area contributed by atoms with E-state index in [1.165, 1.54) is 12.1 Å². The number of ketones is 1. The van der Waals surface area contributed by atoms with Crippen molar-refractivity contribution in [3.63, 3.8) is 0 Å². The average Bonchev–Trinajstić information content (AvgIpc) is 2.22. The van der Waals surface area contributed by atoms with Gasteiger partial charge in [-0.15, -0.1) is 0 Å². The highest BCUT2D eigenvalue weighted by molar-refractivity contribution is 9.10. The standard InChI is InChI=1S/C12H13BrClFO/c1-7(2)12(16)9(13)5-8-3-4-10(14)11(15)6-8/h3-4,6-7,9H,5H2,1-2H3. The largest absolute Gasteiger partial charge is 0.298 e. The van der Waals surface area contributed by atoms with Crippen LogP contribution in [0.5, 0.6) is 0 Å². The van der Waals surface area contributed by atoms with E-state index in [4.69, 9.17) is 11.6 Å². The maximum Gasteiger partial charge on any atom is 0.149 e. The third kappa shape index (κ3) is 3.56. The molecule has 1 aromatic rings. The number of rotatable bonds is 4. The molecule has 1 nitrogen and oxygen atoms in total. The summed E-state index contributed by atoms with van der Waals surface area (Å²) in [6.45, 7) is 3.69. The van der Waals surface area contributed by atoms with Crippen LogP contribution in [-0.2, 0) is 11.2 Å². The van der Waals surface area contributed by atoms with E-state index in [1.807, 2.05) is 13.8 Å². The first kappa shape index (κ1) is 13.7. The number of Topliss-reactive ketones (excluding diaryl/α,β-unsaturated/α-hetero) is 1. The number of alkyl halides is 1. The van der Waals surface area contributed by atoms with Crippen molar-refractivity contribution in [2.75, 3.05) is 0 Å². The third-order valence-electron chi connectivity index (χ3n) is 2.28. The molecule has 0 amide bonds. The molecule has 0 aromatic heterocycles. The summed E-state index contributed by atoms with van der Waals surface area (Å²) in [5, 5.41) is 0.102. The highest BCUT2D eigenvalue weighted by atomic mass is 79.9. The van der Waals surface area contributed by atoms with Crippen molar-refractivity contribution >= 4 is 33.3 Å². The van der Waals surface area contributed by atoms with Crippen LogP contribution in [0.2, 0.25) is 5.02 Å². The van der Waals surface area contributed by atoms with Crippen molar-refractivity contribution in [3.05, 3.63) is 34.6 Å². The van der Waals surface area contributed by atoms with Gasteiger partial charge in [-0.1, -0.05) is 47.4 Å². The quantitative estimate of drug-likeness (QED) is 0.768. The van der Waals surface area contributed by atoms with Gasteiger partial charge in [0, 0.05) is 5.92 Å². The summed E-state index contributed by atoms with van der Waals surface area (Å²) in [6.07, 6.45) is 0.477. The fraction of sp³-hybridized carbons (Fsp3) is 0.417. The monoisotopic (exact) mass is 306 g/mol. The number of benzene rings is 1. The summed E-state index contributed by atoms with van der Waals surface area (Å²) in [5.74, 6) is -0.354. The van der Waals surface area contributed by atoms with Gasteiger partial charge in [0.05, 0.1) is 9.85 Å². The molecule has 88 valence electrons. The second-order valence-corrected chi connectivity index (χ2v) is 5.49. The molecule has 0 aliphatic rings. The first-order valence-electron chi connectivity index (χ1n) is 5.03. The third-order valence-corrected chi connectivity index (χ3v) is 3.36. The van der Waals surface area contributed by atoms with Crippen LogP contribution in [-0.4, -0.2) is 10.6 Å². The van der Waals surface area contributed by atoms with E-state index in [9.17, 15) is 9.18 Å². The zero-order valence-electron chi connectivity index (χ0n) is 9.14. The van der Waals surface area contributed by atoms with Gasteiger partial charge in [0.2, 0.25) is 0 Å². The molecule has 0 heterocycles. The molecule has 0 spiro atoms. The van der Waals surface area contributed by atoms with Crippen molar-refractivity contribution in [1.29, 1.82) is 0 Å². The second-order valence-electron chi connectivity index (χ2n) is 3.98. The first-order chi connectivity index (χ1) is 7.41. The molecule has 0 aliphatic carbocycles. The first-order valence-corrected chi connectivity index (χ1v) is 6.33. The molecule has 0 N–H and O–H groups in total. The molecule has 1 atom stereocenters. The highest BCUT2D eigenvalue weighted by Crippen LogP contribution is 2.19. The van der Waals surface area contributed by atoms with Gasteiger partial charge in [0.15, 0.2) is 0 Å². The van der Waals surface area contributed by atoms with Gasteiger partial charge < -0.3 is 0 Å². The van der Waals surface area contributed by atoms with Gasteiger partial charge in [0.25, 0.3) is 0 Å². The predicted octanol–water partition coefficient (Wildman–Crippen LogP) is 4.01. The van der Waals surface area contributed by atoms with Gasteiger partial charge in [-0.2, -0.15) is 0 Å². The number of halogens is 3. The second kappa shape index (κ2) is 5.78. The van der Waals surface area contributed by atoms with Crippen molar-refractivity contribution in [3.8, 4) is 0 Å². The van der Waals surface area contributed by atoms with Crippen LogP contribution in [0.1, 0.15) is 19.4 Å². The lowest BCUT2D eigenvalue weighted by Crippen LogP contribution is -2.21. The van der Waals surface area contributed by atoms with Crippen LogP contribution in [0, 0.1) is 11.7 Å². The predicted molar refractivity (Wildman–Crippen MR) is 67.7 cm³/mol. The van der Waals surface area contributed by atoms with Crippen molar-refractivity contribution < 1.29 is 9.18 Å². The zero-order valence-corrected chi connectivity index (χ0v) is 11.5. The maximum absolute atomic E-state index is 13.2. The zero-order chi connectivity index (χ0) is 12.3. The van der Waals surface area contributed by atoms with Crippen LogP contribution >= 0.6 is 27.5 Å². The maximum atomic E-state index is 13.2. The van der Waals surface area contributed by atoms with Crippen molar-refractivity contribution in [2.45, 2.75) is 25.1 Å². The van der Waals surface area contributed by atoms with Gasteiger partial charge in [-0.25, -0.2) is 4.39 Å². The van der Waals surface area contributed by atoms with E-state index in [0.29, 0.717) is 6.42 Å². The Hall–Kier alpha value is -0.410. The Labute approximate surface area is 108 Å². The minimum atomic E-state index is -0.448. The Morgan fingerprint density at radius 1 is 1.50 bits per heavy atom. The Bertz CT molecular complexity index is 393. The van der Waals surface area contributed by atoms with Gasteiger partial charge >= 0.3 is 0 Å². The lowest BCUT2D eigenvalue weighted by Gasteiger charge is -2.11. The fourth-order valence-electron chi connectivity index (χ4n) is 1.34.